The van der Waals surface area contributed by atoms with Gasteiger partial charge in [0.2, 0.25) is 0 Å². The molecule has 78 valence electrons. The molecule has 0 saturated heterocycles. The average Bonchev–Trinajstić information content (AvgIpc) is 2.47. The number of thiazole rings is 1. The summed E-state index contributed by atoms with van der Waals surface area (Å²) in [5.74, 6) is -1.04. The molecule has 0 fully saturated rings. The van der Waals surface area contributed by atoms with E-state index in [2.05, 4.69) is 4.98 Å². The molecule has 1 aromatic rings. The molecule has 0 aromatic carbocycles. The highest BCUT2D eigenvalue weighted by Gasteiger charge is 2.34. The number of hydrogen-bond donors (Lipinski definition) is 1. The van der Waals surface area contributed by atoms with Crippen LogP contribution in [0.4, 0.5) is 13.2 Å². The van der Waals surface area contributed by atoms with Gasteiger partial charge in [0.15, 0.2) is 5.01 Å². The molecule has 0 saturated carbocycles. The second kappa shape index (κ2) is 3.95. The summed E-state index contributed by atoms with van der Waals surface area (Å²) in [6.45, 7) is 0. The Kier molecular flexibility index (Phi) is 3.10. The van der Waals surface area contributed by atoms with Crippen molar-refractivity contribution in [2.24, 2.45) is 0 Å². The predicted octanol–water partition coefficient (Wildman–Crippen LogP) is 2.18. The third kappa shape index (κ3) is 2.99. The van der Waals surface area contributed by atoms with Crippen molar-refractivity contribution in [2.75, 3.05) is 0 Å². The molecule has 7 heteroatoms. The van der Waals surface area contributed by atoms with Gasteiger partial charge in [-0.2, -0.15) is 13.2 Å². The Morgan fingerprint density at radius 1 is 1.57 bits per heavy atom. The largest absolute Gasteiger partial charge is 0.481 e. The monoisotopic (exact) mass is 225 g/mol. The molecule has 0 amide bonds. The molecule has 0 atom stereocenters. The fourth-order valence-electron chi connectivity index (χ4n) is 0.784. The van der Waals surface area contributed by atoms with E-state index in [-0.39, 0.29) is 12.8 Å². The minimum absolute atomic E-state index is 0.0864. The molecule has 0 aliphatic heterocycles. The van der Waals surface area contributed by atoms with Crippen LogP contribution in [0.15, 0.2) is 6.20 Å². The number of alkyl halides is 3. The first-order valence-electron chi connectivity index (χ1n) is 3.63. The molecule has 0 spiro atoms. The van der Waals surface area contributed by atoms with Crippen LogP contribution in [0.3, 0.4) is 0 Å². The lowest BCUT2D eigenvalue weighted by Crippen LogP contribution is -2.02. The number of hydrogen-bond acceptors (Lipinski definition) is 3. The van der Waals surface area contributed by atoms with Gasteiger partial charge in [0.25, 0.3) is 0 Å². The number of carboxylic acid groups (broad SMARTS) is 1. The Morgan fingerprint density at radius 2 is 2.21 bits per heavy atom. The van der Waals surface area contributed by atoms with Gasteiger partial charge in [-0.15, -0.1) is 11.3 Å². The van der Waals surface area contributed by atoms with Crippen LogP contribution in [0.1, 0.15) is 16.3 Å². The van der Waals surface area contributed by atoms with Crippen LogP contribution < -0.4 is 0 Å². The maximum atomic E-state index is 12.0. The Balaban J connectivity index is 2.64. The van der Waals surface area contributed by atoms with Crippen molar-refractivity contribution in [3.8, 4) is 0 Å². The van der Waals surface area contributed by atoms with Gasteiger partial charge in [-0.1, -0.05) is 0 Å². The molecule has 1 aromatic heterocycles. The van der Waals surface area contributed by atoms with E-state index < -0.39 is 17.2 Å². The molecule has 0 aliphatic carbocycles. The van der Waals surface area contributed by atoms with Gasteiger partial charge in [0, 0.05) is 11.1 Å². The zero-order valence-corrected chi connectivity index (χ0v) is 7.65. The fraction of sp³-hybridized carbons (Fsp3) is 0.429. The minimum atomic E-state index is -4.44. The Hall–Kier alpha value is -1.11. The number of rotatable bonds is 3. The lowest BCUT2D eigenvalue weighted by atomic mass is 10.3. The van der Waals surface area contributed by atoms with Crippen molar-refractivity contribution in [1.82, 2.24) is 4.98 Å². The van der Waals surface area contributed by atoms with Gasteiger partial charge in [-0.25, -0.2) is 4.98 Å². The van der Waals surface area contributed by atoms with Crippen molar-refractivity contribution in [2.45, 2.75) is 19.0 Å². The van der Waals surface area contributed by atoms with Crippen LogP contribution in [-0.4, -0.2) is 16.1 Å². The molecule has 3 nitrogen and oxygen atoms in total. The molecular weight excluding hydrogens is 219 g/mol. The van der Waals surface area contributed by atoms with E-state index in [4.69, 9.17) is 5.11 Å². The summed E-state index contributed by atoms with van der Waals surface area (Å²) in [7, 11) is 0. The second-order valence-electron chi connectivity index (χ2n) is 2.52. The van der Waals surface area contributed by atoms with Crippen molar-refractivity contribution >= 4 is 17.3 Å². The number of halogens is 3. The summed E-state index contributed by atoms with van der Waals surface area (Å²) >= 11 is 0.482. The Morgan fingerprint density at radius 3 is 2.64 bits per heavy atom. The highest BCUT2D eigenvalue weighted by atomic mass is 32.1. The molecule has 0 radical (unpaired) electrons. The van der Waals surface area contributed by atoms with Crippen LogP contribution >= 0.6 is 11.3 Å². The number of carbonyl (C=O) groups is 1. The quantitative estimate of drug-likeness (QED) is 0.857. The Labute approximate surface area is 81.2 Å². The van der Waals surface area contributed by atoms with Gasteiger partial charge in [-0.3, -0.25) is 4.79 Å². The van der Waals surface area contributed by atoms with Crippen LogP contribution in [0, 0.1) is 0 Å². The van der Waals surface area contributed by atoms with E-state index in [1.165, 1.54) is 0 Å². The molecule has 0 unspecified atom stereocenters. The number of aliphatic carboxylic acids is 1. The minimum Gasteiger partial charge on any atom is -0.481 e. The van der Waals surface area contributed by atoms with E-state index in [9.17, 15) is 18.0 Å². The molecule has 0 bridgehead atoms. The van der Waals surface area contributed by atoms with Gasteiger partial charge in [0.1, 0.15) is 0 Å². The lowest BCUT2D eigenvalue weighted by molar-refractivity contribution is -0.138. The van der Waals surface area contributed by atoms with Crippen molar-refractivity contribution in [1.29, 1.82) is 0 Å². The summed E-state index contributed by atoms with van der Waals surface area (Å²) in [5.41, 5.74) is 0. The van der Waals surface area contributed by atoms with E-state index in [1.54, 1.807) is 0 Å². The second-order valence-corrected chi connectivity index (χ2v) is 3.64. The van der Waals surface area contributed by atoms with Crippen molar-refractivity contribution < 1.29 is 23.1 Å². The topological polar surface area (TPSA) is 50.2 Å². The maximum Gasteiger partial charge on any atom is 0.443 e. The van der Waals surface area contributed by atoms with Crippen molar-refractivity contribution in [3.63, 3.8) is 0 Å². The summed E-state index contributed by atoms with van der Waals surface area (Å²) in [4.78, 5) is 13.6. The first-order valence-corrected chi connectivity index (χ1v) is 4.45. The van der Waals surface area contributed by atoms with E-state index in [1.807, 2.05) is 0 Å². The van der Waals surface area contributed by atoms with E-state index in [0.717, 1.165) is 6.20 Å². The zero-order valence-electron chi connectivity index (χ0n) is 6.84. The lowest BCUT2D eigenvalue weighted by Gasteiger charge is -1.98. The Bertz CT molecular complexity index is 334. The zero-order chi connectivity index (χ0) is 10.8. The first-order chi connectivity index (χ1) is 6.39. The first kappa shape index (κ1) is 11.0. The molecule has 0 aliphatic rings. The van der Waals surface area contributed by atoms with Crippen LogP contribution in [0.2, 0.25) is 0 Å². The maximum absolute atomic E-state index is 12.0. The molecule has 14 heavy (non-hydrogen) atoms. The number of aromatic nitrogens is 1. The molecule has 1 heterocycles. The van der Waals surface area contributed by atoms with E-state index >= 15 is 0 Å². The standard InChI is InChI=1S/C7H6F3NO2S/c8-7(9,10)6-11-3-4(14-6)1-2-5(12)13/h3H,1-2H2,(H,12,13). The molecular formula is C7H6F3NO2S. The number of aryl methyl sites for hydroxylation is 1. The van der Waals surface area contributed by atoms with Crippen LogP contribution in [-0.2, 0) is 17.4 Å². The summed E-state index contributed by atoms with van der Waals surface area (Å²) in [5, 5.41) is 7.37. The average molecular weight is 225 g/mol. The normalized spacial score (nSPS) is 11.6. The van der Waals surface area contributed by atoms with Crippen molar-refractivity contribution in [3.05, 3.63) is 16.1 Å². The van der Waals surface area contributed by atoms with E-state index in [0.29, 0.717) is 16.2 Å². The number of carboxylic acids is 1. The third-order valence-corrected chi connectivity index (χ3v) is 2.48. The highest BCUT2D eigenvalue weighted by Crippen LogP contribution is 2.32. The SMILES string of the molecule is O=C(O)CCc1cnc(C(F)(F)F)s1. The third-order valence-electron chi connectivity index (χ3n) is 1.38. The number of nitrogens with zero attached hydrogens (tertiary/aromatic N) is 1. The summed E-state index contributed by atoms with van der Waals surface area (Å²) in [6.07, 6.45) is -3.47. The van der Waals surface area contributed by atoms with Gasteiger partial charge >= 0.3 is 12.1 Å². The van der Waals surface area contributed by atoms with Crippen LogP contribution in [0.5, 0.6) is 0 Å². The predicted molar refractivity (Wildman–Crippen MR) is 43.1 cm³/mol. The van der Waals surface area contributed by atoms with Crippen LogP contribution in [0.25, 0.3) is 0 Å². The van der Waals surface area contributed by atoms with Gasteiger partial charge in [0.05, 0.1) is 6.42 Å². The smallest absolute Gasteiger partial charge is 0.443 e. The van der Waals surface area contributed by atoms with Gasteiger partial charge in [-0.05, 0) is 6.42 Å². The molecule has 1 N–H and O–H groups in total. The summed E-state index contributed by atoms with van der Waals surface area (Å²) in [6, 6.07) is 0. The summed E-state index contributed by atoms with van der Waals surface area (Å²) < 4.78 is 36.1. The van der Waals surface area contributed by atoms with Gasteiger partial charge < -0.3 is 5.11 Å². The fourth-order valence-corrected chi connectivity index (χ4v) is 1.56. The molecule has 1 rings (SSSR count). The highest BCUT2D eigenvalue weighted by molar-refractivity contribution is 7.11.